The number of nitrogen functional groups attached to an aromatic ring is 1. The van der Waals surface area contributed by atoms with E-state index in [9.17, 15) is 28.8 Å². The number of amides is 2. The molecule has 0 radical (unpaired) electrons. The van der Waals surface area contributed by atoms with Gasteiger partial charge in [-0.1, -0.05) is 76.7 Å². The molecule has 11 heterocycles. The van der Waals surface area contributed by atoms with E-state index in [2.05, 4.69) is 110 Å². The number of carbonyl (C=O) groups is 6. The molecule has 1 saturated heterocycles. The minimum absolute atomic E-state index is 0. The molecule has 11 aromatic rings. The van der Waals surface area contributed by atoms with E-state index in [1.165, 1.54) is 71.8 Å². The monoisotopic (exact) mass is 1610 g/mol. The molecule has 5 N–H and O–H groups in total. The van der Waals surface area contributed by atoms with Gasteiger partial charge in [-0.25, -0.2) is 19.9 Å². The third-order valence-electron chi connectivity index (χ3n) is 17.1. The number of nitriles is 1. The molecule has 0 aliphatic carbocycles. The van der Waals surface area contributed by atoms with Gasteiger partial charge in [-0.05, 0) is 112 Å². The van der Waals surface area contributed by atoms with Crippen molar-refractivity contribution in [1.29, 1.82) is 5.26 Å². The molecule has 566 valence electrons. The minimum Gasteiger partial charge on any atom is -1.00 e. The molecular formula is C77H94Cl2N12O8S7. The van der Waals surface area contributed by atoms with Gasteiger partial charge >= 0.3 is 17.9 Å². The number of para-hydroxylation sites is 4. The van der Waals surface area contributed by atoms with E-state index in [1.807, 2.05) is 60.7 Å². The summed E-state index contributed by atoms with van der Waals surface area (Å²) in [4.78, 5) is 95.3. The van der Waals surface area contributed by atoms with Gasteiger partial charge in [0.15, 0.2) is 0 Å². The number of anilines is 3. The number of Topliss-reactive ketones (excluding diaryl/α,β-unsaturated/α-hetero) is 1. The van der Waals surface area contributed by atoms with Crippen LogP contribution in [0.15, 0.2) is 97.1 Å². The van der Waals surface area contributed by atoms with Crippen molar-refractivity contribution in [2.45, 2.75) is 135 Å². The minimum atomic E-state index is -0.562. The lowest BCUT2D eigenvalue weighted by molar-refractivity contribution is -0.913. The zero-order chi connectivity index (χ0) is 73.7. The van der Waals surface area contributed by atoms with Crippen LogP contribution in [0.2, 0.25) is 0 Å². The number of carbonyl (C=O) groups excluding carboxylic acids is 6. The summed E-state index contributed by atoms with van der Waals surface area (Å²) in [5, 5.41) is 21.4. The van der Waals surface area contributed by atoms with Gasteiger partial charge in [0.1, 0.15) is 42.4 Å². The average molecular weight is 1610 g/mol. The third-order valence-corrected chi connectivity index (χ3v) is 24.6. The number of nitrogens with two attached hydrogens (primary N) is 1. The highest BCUT2D eigenvalue weighted by Gasteiger charge is 2.31. The summed E-state index contributed by atoms with van der Waals surface area (Å²) >= 11 is 11.9. The number of quaternary nitrogens is 1. The highest BCUT2D eigenvalue weighted by molar-refractivity contribution is 7.24. The summed E-state index contributed by atoms with van der Waals surface area (Å²) in [5.74, 6) is -0.948. The largest absolute Gasteiger partial charge is 1.00 e. The maximum Gasteiger partial charge on any atom is 0.310 e. The second-order valence-corrected chi connectivity index (χ2v) is 31.9. The first-order valence-electron chi connectivity index (χ1n) is 34.6. The van der Waals surface area contributed by atoms with Gasteiger partial charge in [-0.2, -0.15) is 5.26 Å². The maximum absolute atomic E-state index is 11.7. The Morgan fingerprint density at radius 3 is 1.30 bits per heavy atom. The summed E-state index contributed by atoms with van der Waals surface area (Å²) in [6, 6.07) is 34.8. The number of aromatic nitrogens is 4. The SMILES string of the molecule is C.CC(=O)OC(C)=O.CCN1CCC(=O)CC1.CCN1CCc2c(sc(N)c2-c2nc3ccccc3s2)C1.CCN1CCc2c(sc(NC(C)=O)c2-c2nc3ccccc3s2)C1.CCOC(C)=O.CC[NH+]1CCc2c(sc(NC(C)=O)c2-c2nc3ccccc3s2)C1.Cl.N#CCc1nc2ccccc2s1.[Cl-]. The van der Waals surface area contributed by atoms with E-state index in [4.69, 9.17) is 25.9 Å². The van der Waals surface area contributed by atoms with Crippen molar-refractivity contribution in [3.8, 4) is 37.8 Å². The molecule has 0 spiro atoms. The Labute approximate surface area is 661 Å². The van der Waals surface area contributed by atoms with Crippen molar-refractivity contribution >= 4 is 183 Å². The molecular weight excluding hydrogens is 1520 g/mol. The van der Waals surface area contributed by atoms with Gasteiger partial charge in [0.25, 0.3) is 0 Å². The number of hydrogen-bond acceptors (Lipinski definition) is 24. The number of esters is 3. The normalized spacial score (nSPS) is 14.2. The summed E-state index contributed by atoms with van der Waals surface area (Å²) in [5.41, 5.74) is 18.1. The predicted octanol–water partition coefficient (Wildman–Crippen LogP) is 13.1. The van der Waals surface area contributed by atoms with Crippen LogP contribution in [-0.4, -0.2) is 136 Å². The quantitative estimate of drug-likeness (QED) is 0.0693. The van der Waals surface area contributed by atoms with E-state index >= 15 is 0 Å². The van der Waals surface area contributed by atoms with Gasteiger partial charge in [-0.3, -0.25) is 38.6 Å². The fourth-order valence-electron chi connectivity index (χ4n) is 12.0. The van der Waals surface area contributed by atoms with Crippen molar-refractivity contribution in [2.24, 2.45) is 0 Å². The Kier molecular flexibility index (Phi) is 35.3. The second kappa shape index (κ2) is 42.9. The highest BCUT2D eigenvalue weighted by atomic mass is 35.5. The molecule has 1 fully saturated rings. The number of piperidine rings is 1. The van der Waals surface area contributed by atoms with E-state index in [1.54, 1.807) is 105 Å². The Morgan fingerprint density at radius 1 is 0.528 bits per heavy atom. The first-order chi connectivity index (χ1) is 49.7. The van der Waals surface area contributed by atoms with Crippen LogP contribution in [0.4, 0.5) is 15.0 Å². The van der Waals surface area contributed by atoms with Crippen LogP contribution in [0.25, 0.3) is 72.6 Å². The maximum atomic E-state index is 11.7. The second-order valence-electron chi connectivity index (χ2n) is 24.4. The van der Waals surface area contributed by atoms with Gasteiger partial charge in [-0.15, -0.1) is 91.8 Å². The fraction of sp³-hybridized carbons (Fsp3) is 0.390. The first kappa shape index (κ1) is 87.4. The van der Waals surface area contributed by atoms with Crippen LogP contribution in [0.5, 0.6) is 0 Å². The van der Waals surface area contributed by atoms with Crippen molar-refractivity contribution in [3.05, 3.63) is 133 Å². The summed E-state index contributed by atoms with van der Waals surface area (Å²) < 4.78 is 13.1. The van der Waals surface area contributed by atoms with Crippen LogP contribution in [0.3, 0.4) is 0 Å². The third kappa shape index (κ3) is 24.0. The number of likely N-dealkylation sites (N-methyl/N-ethyl adjacent to an activating group) is 3. The van der Waals surface area contributed by atoms with E-state index in [0.717, 1.165) is 184 Å². The molecule has 1 unspecified atom stereocenters. The molecule has 4 aromatic carbocycles. The molecule has 106 heavy (non-hydrogen) atoms. The molecule has 29 heteroatoms. The smallest absolute Gasteiger partial charge is 0.310 e. The molecule has 7 aromatic heterocycles. The van der Waals surface area contributed by atoms with E-state index in [-0.39, 0.29) is 50.0 Å². The van der Waals surface area contributed by atoms with Crippen LogP contribution < -0.4 is 33.7 Å². The number of thiophene rings is 3. The molecule has 4 aliphatic rings. The number of ketones is 1. The molecule has 0 saturated carbocycles. The Bertz CT molecular complexity index is 4500. The summed E-state index contributed by atoms with van der Waals surface area (Å²) in [6.07, 6.45) is 5.12. The number of rotatable bonds is 11. The predicted molar refractivity (Wildman–Crippen MR) is 439 cm³/mol. The Balaban J connectivity index is 0.000000203. The Morgan fingerprint density at radius 2 is 0.925 bits per heavy atom. The zero-order valence-electron chi connectivity index (χ0n) is 60.7. The molecule has 15 rings (SSSR count). The topological polar surface area (TPSA) is 260 Å². The highest BCUT2D eigenvalue weighted by Crippen LogP contribution is 2.48. The number of nitrogens with zero attached hydrogens (tertiary/aromatic N) is 8. The zero-order valence-corrected chi connectivity index (χ0v) is 68.0. The first-order valence-corrected chi connectivity index (χ1v) is 40.3. The summed E-state index contributed by atoms with van der Waals surface area (Å²) in [7, 11) is 0. The lowest BCUT2D eigenvalue weighted by atomic mass is 10.0. The number of benzene rings is 4. The summed E-state index contributed by atoms with van der Waals surface area (Å²) in [6.45, 7) is 30.7. The number of hydrogen-bond donors (Lipinski definition) is 4. The van der Waals surface area contributed by atoms with Crippen molar-refractivity contribution in [3.63, 3.8) is 0 Å². The standard InChI is InChI=1S/2C18H19N3OS2.C16H17N3S2.C9H6N2S.C7H13NO.C4H6O3.C4H8O2.CH4.2ClH/c2*1-3-21-9-8-12-15(10-21)24-17(19-11(2)22)16(12)18-20-13-6-4-5-7-14(13)23-18;1-2-19-8-7-10-13(9-19)20-15(17)14(10)16-18-11-5-3-4-6-12(11)21-16;10-6-5-9-11-7-3-1-2-4-8(7)12-9;1-2-8-5-3-7(9)4-6-8;1-3(5)7-4(2)6;1-3-6-4(2)5;;;/h2*4-7H,3,8-10H2,1-2H3,(H,19,22);3-6H,2,7-9,17H2,1H3;1-4H,5H2;2-6H2,1H3;1-2H3;3H2,1-2H3;1H4;2*1H. The number of likely N-dealkylation sites (tertiary alicyclic amines) is 1. The number of fused-ring (bicyclic) bond motifs is 7. The molecule has 1 atom stereocenters. The number of halogens is 2. The van der Waals surface area contributed by atoms with Crippen LogP contribution >= 0.6 is 91.8 Å². The van der Waals surface area contributed by atoms with Crippen molar-refractivity contribution < 1.29 is 55.5 Å². The van der Waals surface area contributed by atoms with Crippen molar-refractivity contribution in [2.75, 3.05) is 81.9 Å². The number of thiazole rings is 4. The number of nitrogens with one attached hydrogen (secondary N) is 3. The molecule has 4 aliphatic heterocycles. The fourth-order valence-corrected chi connectivity index (χ4v) is 20.1. The van der Waals surface area contributed by atoms with E-state index < -0.39 is 11.9 Å². The van der Waals surface area contributed by atoms with E-state index in [0.29, 0.717) is 18.8 Å². The van der Waals surface area contributed by atoms with Gasteiger partial charge in [0.05, 0.1) is 82.9 Å². The van der Waals surface area contributed by atoms with Gasteiger partial charge in [0, 0.05) is 120 Å². The van der Waals surface area contributed by atoms with Gasteiger partial charge < -0.3 is 48.0 Å². The van der Waals surface area contributed by atoms with Crippen molar-refractivity contribution in [1.82, 2.24) is 34.6 Å². The average Bonchev–Trinajstić information content (AvgIpc) is 1.63. The molecule has 0 bridgehead atoms. The molecule has 20 nitrogen and oxygen atoms in total. The van der Waals surface area contributed by atoms with Crippen LogP contribution in [0, 0.1) is 11.3 Å². The lowest BCUT2D eigenvalue weighted by Gasteiger charge is -2.25. The van der Waals surface area contributed by atoms with Crippen LogP contribution in [0.1, 0.15) is 126 Å². The Hall–Kier alpha value is -7.53. The molecule has 2 amide bonds. The lowest BCUT2D eigenvalue weighted by Crippen LogP contribution is -3.11. The van der Waals surface area contributed by atoms with Crippen LogP contribution in [-0.2, 0) is 83.6 Å². The number of ether oxygens (including phenoxy) is 2. The van der Waals surface area contributed by atoms with Gasteiger partial charge in [0.2, 0.25) is 11.8 Å².